The number of methoxy groups -OCH3 is 2. The molecule has 0 radical (unpaired) electrons. The molecular formula is C10H16N4O3. The lowest BCUT2D eigenvalue weighted by Crippen LogP contribution is -2.43. The summed E-state index contributed by atoms with van der Waals surface area (Å²) in [5.74, 6) is 0.342. The van der Waals surface area contributed by atoms with Gasteiger partial charge < -0.3 is 19.9 Å². The zero-order valence-electron chi connectivity index (χ0n) is 9.93. The molecule has 0 unspecified atom stereocenters. The molecule has 0 saturated heterocycles. The van der Waals surface area contributed by atoms with Crippen molar-refractivity contribution >= 4 is 5.95 Å². The van der Waals surface area contributed by atoms with Crippen LogP contribution >= 0.6 is 0 Å². The van der Waals surface area contributed by atoms with Crippen LogP contribution in [0.25, 0.3) is 0 Å². The Morgan fingerprint density at radius 1 is 1.18 bits per heavy atom. The fraction of sp³-hybridized carbons (Fsp3) is 0.700. The average molecular weight is 240 g/mol. The van der Waals surface area contributed by atoms with Crippen molar-refractivity contribution in [2.75, 3.05) is 26.1 Å². The Bertz CT molecular complexity index is 373. The van der Waals surface area contributed by atoms with Gasteiger partial charge in [0.2, 0.25) is 5.95 Å². The Labute approximate surface area is 99.2 Å². The number of ether oxygens (including phenoxy) is 2. The summed E-state index contributed by atoms with van der Waals surface area (Å²) in [6.45, 7) is 0.420. The lowest BCUT2D eigenvalue weighted by molar-refractivity contribution is -0.0203. The van der Waals surface area contributed by atoms with Crippen molar-refractivity contribution < 1.29 is 14.6 Å². The zero-order chi connectivity index (χ0) is 12.3. The second-order valence-electron chi connectivity index (χ2n) is 4.06. The van der Waals surface area contributed by atoms with E-state index in [4.69, 9.17) is 9.47 Å². The topological polar surface area (TPSA) is 89.4 Å². The fourth-order valence-electron chi connectivity index (χ4n) is 1.60. The summed E-state index contributed by atoms with van der Waals surface area (Å²) in [5.41, 5.74) is -0.632. The van der Waals surface area contributed by atoms with Gasteiger partial charge in [0.05, 0.1) is 19.8 Å². The molecule has 1 saturated carbocycles. The summed E-state index contributed by atoms with van der Waals surface area (Å²) < 4.78 is 9.85. The second kappa shape index (κ2) is 4.70. The summed E-state index contributed by atoms with van der Waals surface area (Å²) in [5, 5.41) is 12.9. The molecule has 1 heterocycles. The van der Waals surface area contributed by atoms with Gasteiger partial charge in [-0.1, -0.05) is 0 Å². The third-order valence-electron chi connectivity index (χ3n) is 2.82. The van der Waals surface area contributed by atoms with Gasteiger partial charge in [0.1, 0.15) is 0 Å². The predicted octanol–water partition coefficient (Wildman–Crippen LogP) is 0.216. The van der Waals surface area contributed by atoms with Crippen LogP contribution in [0.15, 0.2) is 0 Å². The number of hydrogen-bond acceptors (Lipinski definition) is 7. The van der Waals surface area contributed by atoms with Crippen LogP contribution in [-0.4, -0.2) is 46.4 Å². The number of aliphatic hydroxyl groups is 1. The Balaban J connectivity index is 2.03. The normalized spacial score (nSPS) is 17.1. The summed E-state index contributed by atoms with van der Waals surface area (Å²) in [6, 6.07) is 0.361. The molecule has 2 rings (SSSR count). The monoisotopic (exact) mass is 240 g/mol. The maximum atomic E-state index is 9.93. The van der Waals surface area contributed by atoms with Crippen molar-refractivity contribution in [3.05, 3.63) is 0 Å². The molecule has 7 heteroatoms. The van der Waals surface area contributed by atoms with E-state index < -0.39 is 5.60 Å². The van der Waals surface area contributed by atoms with Crippen LogP contribution in [0.1, 0.15) is 19.3 Å². The first kappa shape index (κ1) is 11.8. The summed E-state index contributed by atoms with van der Waals surface area (Å²) in [4.78, 5) is 11.9. The van der Waals surface area contributed by atoms with Crippen LogP contribution in [0, 0.1) is 0 Å². The molecule has 1 aromatic heterocycles. The minimum Gasteiger partial charge on any atom is -0.467 e. The first-order valence-corrected chi connectivity index (χ1v) is 5.45. The summed E-state index contributed by atoms with van der Waals surface area (Å²) in [7, 11) is 2.94. The molecule has 1 aliphatic rings. The van der Waals surface area contributed by atoms with Crippen molar-refractivity contribution in [1.82, 2.24) is 15.0 Å². The standard InChI is InChI=1S/C10H16N4O3/c1-16-8-12-7(13-9(14-8)17-2)11-6-10(15)4-3-5-10/h15H,3-6H2,1-2H3,(H,11,12,13,14). The van der Waals surface area contributed by atoms with Crippen LogP contribution in [-0.2, 0) is 0 Å². The number of anilines is 1. The van der Waals surface area contributed by atoms with Crippen molar-refractivity contribution in [3.63, 3.8) is 0 Å². The van der Waals surface area contributed by atoms with Gasteiger partial charge in [-0.05, 0) is 19.3 Å². The van der Waals surface area contributed by atoms with Gasteiger partial charge in [-0.3, -0.25) is 0 Å². The van der Waals surface area contributed by atoms with Crippen LogP contribution in [0.4, 0.5) is 5.95 Å². The molecule has 0 spiro atoms. The lowest BCUT2D eigenvalue weighted by Gasteiger charge is -2.36. The SMILES string of the molecule is COc1nc(NCC2(O)CCC2)nc(OC)n1. The van der Waals surface area contributed by atoms with E-state index in [1.807, 2.05) is 0 Å². The first-order chi connectivity index (χ1) is 8.15. The van der Waals surface area contributed by atoms with Crippen LogP contribution in [0.5, 0.6) is 12.0 Å². The van der Waals surface area contributed by atoms with Crippen molar-refractivity contribution in [2.24, 2.45) is 0 Å². The number of aromatic nitrogens is 3. The van der Waals surface area contributed by atoms with Gasteiger partial charge in [-0.2, -0.15) is 9.97 Å². The molecule has 0 amide bonds. The Morgan fingerprint density at radius 2 is 1.76 bits per heavy atom. The van der Waals surface area contributed by atoms with Gasteiger partial charge in [-0.25, -0.2) is 0 Å². The number of nitrogens with one attached hydrogen (secondary N) is 1. The van der Waals surface area contributed by atoms with Gasteiger partial charge in [-0.15, -0.1) is 4.98 Å². The average Bonchev–Trinajstić information content (AvgIpc) is 2.33. The first-order valence-electron chi connectivity index (χ1n) is 5.45. The van der Waals surface area contributed by atoms with E-state index in [0.717, 1.165) is 19.3 Å². The predicted molar refractivity (Wildman–Crippen MR) is 60.2 cm³/mol. The number of rotatable bonds is 5. The van der Waals surface area contributed by atoms with Gasteiger partial charge >= 0.3 is 12.0 Å². The smallest absolute Gasteiger partial charge is 0.324 e. The minimum atomic E-state index is -0.632. The van der Waals surface area contributed by atoms with E-state index >= 15 is 0 Å². The molecule has 94 valence electrons. The molecule has 2 N–H and O–H groups in total. The third kappa shape index (κ3) is 2.73. The highest BCUT2D eigenvalue weighted by Gasteiger charge is 2.34. The molecule has 0 atom stereocenters. The molecule has 1 fully saturated rings. The Morgan fingerprint density at radius 3 is 2.18 bits per heavy atom. The zero-order valence-corrected chi connectivity index (χ0v) is 9.93. The second-order valence-corrected chi connectivity index (χ2v) is 4.06. The Hall–Kier alpha value is -1.63. The number of hydrogen-bond donors (Lipinski definition) is 2. The van der Waals surface area contributed by atoms with Gasteiger partial charge in [0.25, 0.3) is 0 Å². The molecule has 0 bridgehead atoms. The molecule has 1 aliphatic carbocycles. The van der Waals surface area contributed by atoms with Crippen molar-refractivity contribution in [2.45, 2.75) is 24.9 Å². The largest absolute Gasteiger partial charge is 0.467 e. The maximum absolute atomic E-state index is 9.93. The van der Waals surface area contributed by atoms with Gasteiger partial charge in [0, 0.05) is 6.54 Å². The number of nitrogens with zero attached hydrogens (tertiary/aromatic N) is 3. The van der Waals surface area contributed by atoms with Gasteiger partial charge in [0.15, 0.2) is 0 Å². The maximum Gasteiger partial charge on any atom is 0.324 e. The Kier molecular flexibility index (Phi) is 3.28. The van der Waals surface area contributed by atoms with Crippen LogP contribution < -0.4 is 14.8 Å². The highest BCUT2D eigenvalue weighted by molar-refractivity contribution is 5.28. The quantitative estimate of drug-likeness (QED) is 0.760. The van der Waals surface area contributed by atoms with E-state index in [0.29, 0.717) is 12.5 Å². The van der Waals surface area contributed by atoms with E-state index in [1.165, 1.54) is 14.2 Å². The van der Waals surface area contributed by atoms with E-state index in [-0.39, 0.29) is 12.0 Å². The highest BCUT2D eigenvalue weighted by atomic mass is 16.5. The molecular weight excluding hydrogens is 224 g/mol. The highest BCUT2D eigenvalue weighted by Crippen LogP contribution is 2.31. The summed E-state index contributed by atoms with van der Waals surface area (Å²) in [6.07, 6.45) is 2.67. The van der Waals surface area contributed by atoms with E-state index in [9.17, 15) is 5.11 Å². The van der Waals surface area contributed by atoms with Crippen LogP contribution in [0.2, 0.25) is 0 Å². The minimum absolute atomic E-state index is 0.181. The van der Waals surface area contributed by atoms with Crippen molar-refractivity contribution in [1.29, 1.82) is 0 Å². The third-order valence-corrected chi connectivity index (χ3v) is 2.82. The lowest BCUT2D eigenvalue weighted by atomic mass is 9.80. The molecule has 17 heavy (non-hydrogen) atoms. The fourth-order valence-corrected chi connectivity index (χ4v) is 1.60. The van der Waals surface area contributed by atoms with Crippen LogP contribution in [0.3, 0.4) is 0 Å². The van der Waals surface area contributed by atoms with Crippen molar-refractivity contribution in [3.8, 4) is 12.0 Å². The summed E-state index contributed by atoms with van der Waals surface area (Å²) >= 11 is 0. The molecule has 7 nitrogen and oxygen atoms in total. The van der Waals surface area contributed by atoms with E-state index in [2.05, 4.69) is 20.3 Å². The molecule has 0 aliphatic heterocycles. The van der Waals surface area contributed by atoms with E-state index in [1.54, 1.807) is 0 Å². The molecule has 0 aromatic carbocycles. The molecule has 1 aromatic rings.